The third kappa shape index (κ3) is 7.03. The van der Waals surface area contributed by atoms with Gasteiger partial charge in [-0.15, -0.1) is 4.40 Å². The van der Waals surface area contributed by atoms with Gasteiger partial charge >= 0.3 is 0 Å². The number of benzene rings is 3. The van der Waals surface area contributed by atoms with E-state index in [1.807, 2.05) is 0 Å². The number of hydrogen-bond donors (Lipinski definition) is 1. The molecule has 0 spiro atoms. The van der Waals surface area contributed by atoms with Gasteiger partial charge in [-0.05, 0) is 48.0 Å². The van der Waals surface area contributed by atoms with E-state index in [1.165, 1.54) is 47.6 Å². The van der Waals surface area contributed by atoms with Crippen molar-refractivity contribution < 1.29 is 22.3 Å². The zero-order valence-electron chi connectivity index (χ0n) is 18.5. The molecule has 178 valence electrons. The van der Waals surface area contributed by atoms with Crippen molar-refractivity contribution in [2.75, 3.05) is 19.4 Å². The molecule has 0 aromatic heterocycles. The molecular weight excluding hydrogens is 481 g/mol. The summed E-state index contributed by atoms with van der Waals surface area (Å²) in [5.41, 5.74) is 1.25. The fraction of sp³-hybridized carbons (Fsp3) is 0.167. The van der Waals surface area contributed by atoms with Crippen molar-refractivity contribution in [1.82, 2.24) is 4.90 Å². The Morgan fingerprint density at radius 2 is 1.79 bits per heavy atom. The van der Waals surface area contributed by atoms with E-state index in [4.69, 9.17) is 16.3 Å². The van der Waals surface area contributed by atoms with Gasteiger partial charge in [0.2, 0.25) is 5.91 Å². The number of carbonyl (C=O) groups is 1. The molecule has 34 heavy (non-hydrogen) atoms. The molecule has 3 rings (SSSR count). The Balaban J connectivity index is 1.86. The Kier molecular flexibility index (Phi) is 8.25. The number of ether oxygens (including phenoxy) is 1. The Morgan fingerprint density at radius 3 is 2.47 bits per heavy atom. The number of sulfonamides is 1. The first kappa shape index (κ1) is 25.2. The van der Waals surface area contributed by atoms with Crippen LogP contribution in [0.2, 0.25) is 5.02 Å². The molecule has 0 aliphatic rings. The van der Waals surface area contributed by atoms with E-state index in [0.29, 0.717) is 21.9 Å². The monoisotopic (exact) mass is 503 g/mol. The molecule has 1 N–H and O–H groups in total. The number of carbonyl (C=O) groups excluding carboxylic acids is 1. The van der Waals surface area contributed by atoms with E-state index in [1.54, 1.807) is 44.4 Å². The Morgan fingerprint density at radius 1 is 1.09 bits per heavy atom. The Hall–Kier alpha value is -3.43. The first-order chi connectivity index (χ1) is 16.1. The minimum Gasteiger partial charge on any atom is -0.489 e. The van der Waals surface area contributed by atoms with Gasteiger partial charge < -0.3 is 15.0 Å². The Bertz CT molecular complexity index is 1300. The van der Waals surface area contributed by atoms with Gasteiger partial charge in [0, 0.05) is 30.4 Å². The topological polar surface area (TPSA) is 88.1 Å². The molecule has 0 atom stereocenters. The zero-order valence-corrected chi connectivity index (χ0v) is 20.1. The van der Waals surface area contributed by atoms with Crippen molar-refractivity contribution in [3.63, 3.8) is 0 Å². The van der Waals surface area contributed by atoms with Gasteiger partial charge in [0.15, 0.2) is 0 Å². The third-order valence-corrected chi connectivity index (χ3v) is 6.24. The van der Waals surface area contributed by atoms with Crippen molar-refractivity contribution in [2.45, 2.75) is 17.9 Å². The first-order valence-corrected chi connectivity index (χ1v) is 12.0. The molecule has 1 amide bonds. The summed E-state index contributed by atoms with van der Waals surface area (Å²) < 4.78 is 48.3. The molecule has 0 saturated carbocycles. The van der Waals surface area contributed by atoms with Crippen LogP contribution >= 0.6 is 11.6 Å². The maximum atomic E-state index is 13.1. The normalized spacial score (nSPS) is 11.4. The van der Waals surface area contributed by atoms with E-state index < -0.39 is 15.8 Å². The van der Waals surface area contributed by atoms with Crippen molar-refractivity contribution in [1.29, 1.82) is 0 Å². The molecular formula is C24H23ClFN3O4S. The molecule has 0 unspecified atom stereocenters. The second kappa shape index (κ2) is 11.1. The van der Waals surface area contributed by atoms with Crippen LogP contribution in [0.1, 0.15) is 11.1 Å². The van der Waals surface area contributed by atoms with Crippen LogP contribution in [0.25, 0.3) is 0 Å². The largest absolute Gasteiger partial charge is 0.489 e. The summed E-state index contributed by atoms with van der Waals surface area (Å²) in [7, 11) is -0.822. The molecule has 0 aliphatic heterocycles. The molecule has 0 radical (unpaired) electrons. The summed E-state index contributed by atoms with van der Waals surface area (Å²) in [6.45, 7) is -0.106. The molecule has 0 heterocycles. The molecule has 10 heteroatoms. The summed E-state index contributed by atoms with van der Waals surface area (Å²) in [6.07, 6.45) is 1.19. The highest BCUT2D eigenvalue weighted by Crippen LogP contribution is 2.25. The number of nitrogens with zero attached hydrogens (tertiary/aromatic N) is 2. The van der Waals surface area contributed by atoms with E-state index in [2.05, 4.69) is 9.71 Å². The summed E-state index contributed by atoms with van der Waals surface area (Å²) in [4.78, 5) is 13.9. The van der Waals surface area contributed by atoms with Gasteiger partial charge in [-0.25, -0.2) is 4.39 Å². The van der Waals surface area contributed by atoms with Gasteiger partial charge in [-0.3, -0.25) is 4.79 Å². The summed E-state index contributed by atoms with van der Waals surface area (Å²) in [5, 5.41) is 3.16. The van der Waals surface area contributed by atoms with Crippen molar-refractivity contribution in [3.8, 4) is 5.75 Å². The highest BCUT2D eigenvalue weighted by Gasteiger charge is 2.20. The van der Waals surface area contributed by atoms with Crippen molar-refractivity contribution in [3.05, 3.63) is 88.7 Å². The van der Waals surface area contributed by atoms with Gasteiger partial charge in [0.05, 0.1) is 11.3 Å². The first-order valence-electron chi connectivity index (χ1n) is 10.2. The predicted octanol–water partition coefficient (Wildman–Crippen LogP) is 4.52. The van der Waals surface area contributed by atoms with E-state index in [0.717, 1.165) is 0 Å². The summed E-state index contributed by atoms with van der Waals surface area (Å²) >= 11 is 6.12. The number of amides is 1. The van der Waals surface area contributed by atoms with E-state index >= 15 is 0 Å². The van der Waals surface area contributed by atoms with Crippen LogP contribution in [-0.2, 0) is 27.8 Å². The van der Waals surface area contributed by atoms with Gasteiger partial charge in [-0.1, -0.05) is 35.9 Å². The quantitative estimate of drug-likeness (QED) is 0.342. The number of halogens is 2. The van der Waals surface area contributed by atoms with Crippen LogP contribution in [0, 0.1) is 5.82 Å². The van der Waals surface area contributed by atoms with Crippen molar-refractivity contribution >= 4 is 39.6 Å². The van der Waals surface area contributed by atoms with Crippen LogP contribution in [-0.4, -0.2) is 39.7 Å². The number of anilines is 1. The fourth-order valence-corrected chi connectivity index (χ4v) is 4.28. The second-order valence-corrected chi connectivity index (χ2v) is 9.55. The second-order valence-electron chi connectivity index (χ2n) is 7.54. The maximum Gasteiger partial charge on any atom is 0.284 e. The summed E-state index contributed by atoms with van der Waals surface area (Å²) in [6, 6.07) is 16.8. The molecule has 3 aromatic rings. The van der Waals surface area contributed by atoms with Gasteiger partial charge in [-0.2, -0.15) is 8.42 Å². The SMILES string of the molecule is CN(C)/C=N/S(=O)(=O)c1cc(NC(=O)Cc2ccccc2Cl)ccc1COc1ccc(F)cc1. The number of nitrogens with one attached hydrogen (secondary N) is 1. The average Bonchev–Trinajstić information content (AvgIpc) is 2.79. The molecule has 0 saturated heterocycles. The van der Waals surface area contributed by atoms with Crippen molar-refractivity contribution in [2.24, 2.45) is 4.40 Å². The number of rotatable bonds is 9. The fourth-order valence-electron chi connectivity index (χ4n) is 2.92. The molecule has 3 aromatic carbocycles. The molecule has 0 aliphatic carbocycles. The lowest BCUT2D eigenvalue weighted by Gasteiger charge is -2.13. The smallest absolute Gasteiger partial charge is 0.284 e. The van der Waals surface area contributed by atoms with Crippen LogP contribution in [0.3, 0.4) is 0 Å². The molecule has 7 nitrogen and oxygen atoms in total. The predicted molar refractivity (Wildman–Crippen MR) is 130 cm³/mol. The minimum atomic E-state index is -4.11. The van der Waals surface area contributed by atoms with E-state index in [-0.39, 0.29) is 29.5 Å². The van der Waals surface area contributed by atoms with Crippen LogP contribution in [0.5, 0.6) is 5.75 Å². The van der Waals surface area contributed by atoms with Crippen LogP contribution in [0.15, 0.2) is 76.0 Å². The third-order valence-electron chi connectivity index (χ3n) is 4.56. The highest BCUT2D eigenvalue weighted by molar-refractivity contribution is 7.90. The minimum absolute atomic E-state index is 0.0238. The maximum absolute atomic E-state index is 13.1. The van der Waals surface area contributed by atoms with Crippen LogP contribution in [0.4, 0.5) is 10.1 Å². The van der Waals surface area contributed by atoms with Gasteiger partial charge in [0.1, 0.15) is 24.5 Å². The van der Waals surface area contributed by atoms with Crippen LogP contribution < -0.4 is 10.1 Å². The lowest BCUT2D eigenvalue weighted by Crippen LogP contribution is -2.16. The average molecular weight is 504 g/mol. The van der Waals surface area contributed by atoms with E-state index in [9.17, 15) is 17.6 Å². The standard InChI is InChI=1S/C24H23ClFN3O4S/c1-29(2)16-27-34(31,32)23-14-20(28-24(30)13-17-5-3-4-6-22(17)25)10-7-18(23)15-33-21-11-8-19(26)9-12-21/h3-12,14,16H,13,15H2,1-2H3,(H,28,30)/b27-16+. The molecule has 0 bridgehead atoms. The zero-order chi connectivity index (χ0) is 24.7. The summed E-state index contributed by atoms with van der Waals surface area (Å²) in [5.74, 6) is -0.396. The number of hydrogen-bond acceptors (Lipinski definition) is 4. The van der Waals surface area contributed by atoms with Gasteiger partial charge in [0.25, 0.3) is 10.0 Å². The Labute approximate surface area is 202 Å². The lowest BCUT2D eigenvalue weighted by molar-refractivity contribution is -0.115. The highest BCUT2D eigenvalue weighted by atomic mass is 35.5. The molecule has 0 fully saturated rings. The lowest BCUT2D eigenvalue weighted by atomic mass is 10.1.